The van der Waals surface area contributed by atoms with Crippen LogP contribution in [0, 0.1) is 6.92 Å². The SMILES string of the molecule is CCCNC(c1cccc(OCC)c1)c1cscc1C. The van der Waals surface area contributed by atoms with Crippen LogP contribution in [-0.4, -0.2) is 13.2 Å². The van der Waals surface area contributed by atoms with Crippen LogP contribution in [0.4, 0.5) is 0 Å². The molecule has 2 rings (SSSR count). The maximum Gasteiger partial charge on any atom is 0.119 e. The normalized spacial score (nSPS) is 12.3. The van der Waals surface area contributed by atoms with Crippen LogP contribution in [0.25, 0.3) is 0 Å². The van der Waals surface area contributed by atoms with Crippen molar-refractivity contribution in [3.8, 4) is 5.75 Å². The van der Waals surface area contributed by atoms with Crippen molar-refractivity contribution in [1.29, 1.82) is 0 Å². The van der Waals surface area contributed by atoms with Crippen LogP contribution in [0.15, 0.2) is 35.0 Å². The molecule has 1 heterocycles. The van der Waals surface area contributed by atoms with Crippen molar-refractivity contribution in [2.24, 2.45) is 0 Å². The van der Waals surface area contributed by atoms with E-state index in [0.29, 0.717) is 6.61 Å². The summed E-state index contributed by atoms with van der Waals surface area (Å²) in [6.07, 6.45) is 1.13. The minimum absolute atomic E-state index is 0.251. The molecule has 1 aromatic carbocycles. The Balaban J connectivity index is 2.31. The van der Waals surface area contributed by atoms with E-state index < -0.39 is 0 Å². The fraction of sp³-hybridized carbons (Fsp3) is 0.412. The highest BCUT2D eigenvalue weighted by Gasteiger charge is 2.16. The lowest BCUT2D eigenvalue weighted by Crippen LogP contribution is -2.23. The highest BCUT2D eigenvalue weighted by molar-refractivity contribution is 7.08. The molecule has 1 N–H and O–H groups in total. The second-order valence-corrected chi connectivity index (χ2v) is 5.65. The van der Waals surface area contributed by atoms with E-state index in [4.69, 9.17) is 4.74 Å². The summed E-state index contributed by atoms with van der Waals surface area (Å²) in [5, 5.41) is 8.11. The lowest BCUT2D eigenvalue weighted by molar-refractivity contribution is 0.339. The summed E-state index contributed by atoms with van der Waals surface area (Å²) >= 11 is 1.77. The first-order chi connectivity index (χ1) is 9.76. The maximum absolute atomic E-state index is 5.62. The van der Waals surface area contributed by atoms with Crippen LogP contribution < -0.4 is 10.1 Å². The van der Waals surface area contributed by atoms with Crippen molar-refractivity contribution in [3.63, 3.8) is 0 Å². The predicted octanol–water partition coefficient (Wildman–Crippen LogP) is 4.54. The van der Waals surface area contributed by atoms with Crippen molar-refractivity contribution < 1.29 is 4.74 Å². The van der Waals surface area contributed by atoms with E-state index in [9.17, 15) is 0 Å². The van der Waals surface area contributed by atoms with Gasteiger partial charge in [0.2, 0.25) is 0 Å². The second kappa shape index (κ2) is 7.46. The molecule has 0 spiro atoms. The Bertz CT molecular complexity index is 535. The molecule has 1 aromatic heterocycles. The third-order valence-corrected chi connectivity index (χ3v) is 4.19. The van der Waals surface area contributed by atoms with Gasteiger partial charge in [0.15, 0.2) is 0 Å². The van der Waals surface area contributed by atoms with Gasteiger partial charge in [-0.25, -0.2) is 0 Å². The molecule has 0 amide bonds. The van der Waals surface area contributed by atoms with Crippen LogP contribution in [0.3, 0.4) is 0 Å². The number of benzene rings is 1. The first-order valence-electron chi connectivity index (χ1n) is 7.25. The van der Waals surface area contributed by atoms with Gasteiger partial charge in [-0.15, -0.1) is 0 Å². The van der Waals surface area contributed by atoms with Gasteiger partial charge in [0, 0.05) is 0 Å². The largest absolute Gasteiger partial charge is 0.494 e. The molecular weight excluding hydrogens is 266 g/mol. The summed E-state index contributed by atoms with van der Waals surface area (Å²) < 4.78 is 5.62. The molecule has 2 aromatic rings. The summed E-state index contributed by atoms with van der Waals surface area (Å²) in [7, 11) is 0. The molecule has 108 valence electrons. The van der Waals surface area contributed by atoms with Gasteiger partial charge >= 0.3 is 0 Å². The third-order valence-electron chi connectivity index (χ3n) is 3.31. The Hall–Kier alpha value is -1.32. The lowest BCUT2D eigenvalue weighted by atomic mass is 9.98. The lowest BCUT2D eigenvalue weighted by Gasteiger charge is -2.20. The van der Waals surface area contributed by atoms with Gasteiger partial charge in [-0.05, 0) is 66.4 Å². The molecule has 1 atom stereocenters. The van der Waals surface area contributed by atoms with Crippen molar-refractivity contribution >= 4 is 11.3 Å². The van der Waals surface area contributed by atoms with Crippen molar-refractivity contribution in [1.82, 2.24) is 5.32 Å². The first kappa shape index (κ1) is 15.1. The fourth-order valence-corrected chi connectivity index (χ4v) is 3.19. The van der Waals surface area contributed by atoms with E-state index in [2.05, 4.69) is 48.1 Å². The van der Waals surface area contributed by atoms with Gasteiger partial charge in [-0.1, -0.05) is 19.1 Å². The zero-order chi connectivity index (χ0) is 14.4. The molecule has 3 heteroatoms. The fourth-order valence-electron chi connectivity index (χ4n) is 2.31. The summed E-state index contributed by atoms with van der Waals surface area (Å²) in [5.74, 6) is 0.946. The molecule has 0 saturated heterocycles. The van der Waals surface area contributed by atoms with Gasteiger partial charge in [-0.2, -0.15) is 11.3 Å². The minimum atomic E-state index is 0.251. The van der Waals surface area contributed by atoms with Gasteiger partial charge in [0.1, 0.15) is 5.75 Å². The molecular formula is C17H23NOS. The minimum Gasteiger partial charge on any atom is -0.494 e. The van der Waals surface area contributed by atoms with Gasteiger partial charge in [-0.3, -0.25) is 0 Å². The smallest absolute Gasteiger partial charge is 0.119 e. The molecule has 1 unspecified atom stereocenters. The molecule has 0 radical (unpaired) electrons. The zero-order valence-electron chi connectivity index (χ0n) is 12.5. The molecule has 0 bridgehead atoms. The average Bonchev–Trinajstić information content (AvgIpc) is 2.87. The summed E-state index contributed by atoms with van der Waals surface area (Å²) in [6, 6.07) is 8.66. The number of aryl methyl sites for hydroxylation is 1. The van der Waals surface area contributed by atoms with Crippen LogP contribution in [0.5, 0.6) is 5.75 Å². The molecule has 0 fully saturated rings. The van der Waals surface area contributed by atoms with E-state index >= 15 is 0 Å². The molecule has 0 saturated carbocycles. The number of rotatable bonds is 7. The summed E-state index contributed by atoms with van der Waals surface area (Å²) in [5.41, 5.74) is 3.99. The number of hydrogen-bond acceptors (Lipinski definition) is 3. The maximum atomic E-state index is 5.62. The molecule has 0 aliphatic rings. The Labute approximate surface area is 125 Å². The van der Waals surface area contributed by atoms with E-state index in [-0.39, 0.29) is 6.04 Å². The van der Waals surface area contributed by atoms with Gasteiger partial charge < -0.3 is 10.1 Å². The van der Waals surface area contributed by atoms with Gasteiger partial charge in [0.25, 0.3) is 0 Å². The number of thiophene rings is 1. The van der Waals surface area contributed by atoms with Crippen molar-refractivity contribution in [2.45, 2.75) is 33.2 Å². The Morgan fingerprint density at radius 2 is 2.10 bits per heavy atom. The van der Waals surface area contributed by atoms with Gasteiger partial charge in [0.05, 0.1) is 12.6 Å². The second-order valence-electron chi connectivity index (χ2n) is 4.90. The molecule has 0 aliphatic carbocycles. The van der Waals surface area contributed by atoms with Crippen LogP contribution in [0.1, 0.15) is 43.0 Å². The van der Waals surface area contributed by atoms with E-state index in [1.54, 1.807) is 11.3 Å². The number of nitrogens with one attached hydrogen (secondary N) is 1. The van der Waals surface area contributed by atoms with Crippen molar-refractivity contribution in [3.05, 3.63) is 51.7 Å². The Morgan fingerprint density at radius 1 is 1.25 bits per heavy atom. The molecule has 2 nitrogen and oxygen atoms in total. The highest BCUT2D eigenvalue weighted by Crippen LogP contribution is 2.29. The van der Waals surface area contributed by atoms with Crippen LogP contribution >= 0.6 is 11.3 Å². The van der Waals surface area contributed by atoms with Crippen molar-refractivity contribution in [2.75, 3.05) is 13.2 Å². The number of ether oxygens (including phenoxy) is 1. The summed E-state index contributed by atoms with van der Waals surface area (Å²) in [4.78, 5) is 0. The predicted molar refractivity (Wildman–Crippen MR) is 86.8 cm³/mol. The topological polar surface area (TPSA) is 21.3 Å². The Morgan fingerprint density at radius 3 is 2.75 bits per heavy atom. The quantitative estimate of drug-likeness (QED) is 0.807. The zero-order valence-corrected chi connectivity index (χ0v) is 13.3. The molecule has 0 aliphatic heterocycles. The average molecular weight is 289 g/mol. The van der Waals surface area contributed by atoms with E-state index in [0.717, 1.165) is 18.7 Å². The standard InChI is InChI=1S/C17H23NOS/c1-4-9-18-17(16-12-20-11-13(16)3)14-7-6-8-15(10-14)19-5-2/h6-8,10-12,17-18H,4-5,9H2,1-3H3. The van der Waals surface area contributed by atoms with E-state index in [1.165, 1.54) is 16.7 Å². The number of hydrogen-bond donors (Lipinski definition) is 1. The van der Waals surface area contributed by atoms with E-state index in [1.807, 2.05) is 13.0 Å². The summed E-state index contributed by atoms with van der Waals surface area (Å²) in [6.45, 7) is 8.11. The molecule has 20 heavy (non-hydrogen) atoms. The Kier molecular flexibility index (Phi) is 5.62. The third kappa shape index (κ3) is 3.62. The van der Waals surface area contributed by atoms with Crippen LogP contribution in [0.2, 0.25) is 0 Å². The highest BCUT2D eigenvalue weighted by atomic mass is 32.1. The first-order valence-corrected chi connectivity index (χ1v) is 8.19. The van der Waals surface area contributed by atoms with Crippen LogP contribution in [-0.2, 0) is 0 Å². The monoisotopic (exact) mass is 289 g/mol.